The van der Waals surface area contributed by atoms with Gasteiger partial charge in [0.15, 0.2) is 11.2 Å². The Hall–Kier alpha value is -11.4. The molecule has 0 radical (unpaired) electrons. The molecule has 8 amide bonds. The molecule has 5 aliphatic rings. The van der Waals surface area contributed by atoms with Crippen molar-refractivity contribution in [3.8, 4) is 34.3 Å². The summed E-state index contributed by atoms with van der Waals surface area (Å²) in [7, 11) is 0. The van der Waals surface area contributed by atoms with Crippen molar-refractivity contribution >= 4 is 92.9 Å². The number of aliphatic hydroxyl groups is 2. The average Bonchev–Trinajstić information content (AvgIpc) is 1.50. The predicted octanol–water partition coefficient (Wildman–Crippen LogP) is 3.57. The van der Waals surface area contributed by atoms with Crippen LogP contribution >= 0.6 is 0 Å². The van der Waals surface area contributed by atoms with E-state index in [9.17, 15) is 77.3 Å². The Labute approximate surface area is 630 Å². The van der Waals surface area contributed by atoms with Gasteiger partial charge in [-0.2, -0.15) is 0 Å². The fourth-order valence-electron chi connectivity index (χ4n) is 13.8. The van der Waals surface area contributed by atoms with Gasteiger partial charge in [-0.15, -0.1) is 0 Å². The van der Waals surface area contributed by atoms with Gasteiger partial charge in [-0.1, -0.05) is 13.8 Å². The summed E-state index contributed by atoms with van der Waals surface area (Å²) in [5.74, 6) is -7.05. The maximum absolute atomic E-state index is 14.1. The van der Waals surface area contributed by atoms with Crippen molar-refractivity contribution in [2.45, 2.75) is 187 Å². The number of hydrogen-bond acceptors (Lipinski definition) is 23. The van der Waals surface area contributed by atoms with Gasteiger partial charge in [0.2, 0.25) is 35.4 Å². The third-order valence-corrected chi connectivity index (χ3v) is 19.9. The highest BCUT2D eigenvalue weighted by molar-refractivity contribution is 6.13. The van der Waals surface area contributed by atoms with Crippen molar-refractivity contribution in [3.05, 3.63) is 127 Å². The first-order chi connectivity index (χ1) is 52.2. The minimum Gasteiger partial charge on any atom is -0.458 e. The van der Waals surface area contributed by atoms with Crippen molar-refractivity contribution < 1.29 is 91.4 Å². The van der Waals surface area contributed by atoms with Gasteiger partial charge in [0.05, 0.1) is 76.5 Å². The van der Waals surface area contributed by atoms with Gasteiger partial charge < -0.3 is 74.5 Å². The molecular weight excluding hydrogens is 1430 g/mol. The number of nitrogens with zero attached hydrogens (tertiary/aromatic N) is 6. The van der Waals surface area contributed by atoms with E-state index >= 15 is 0 Å². The molecule has 5 aliphatic heterocycles. The van der Waals surface area contributed by atoms with E-state index in [2.05, 4.69) is 26.6 Å². The molecule has 0 saturated heterocycles. The monoisotopic (exact) mass is 1520 g/mol. The summed E-state index contributed by atoms with van der Waals surface area (Å²) >= 11 is 0. The number of aromatic nitrogens is 4. The average molecular weight is 1520 g/mol. The highest BCUT2D eigenvalue weighted by atomic mass is 16.6. The first-order valence-corrected chi connectivity index (χ1v) is 36.7. The standard InChI is InChI=1S/C78H89N11O21/c1-8-77(104)52-38-57-68-46(40-88(57)71(100)50(52)42-106-73(77)102)34-44-36-48(14-16-54(44)83-68)109-66(97)24-20-59(90)79-28-31-86(63(94)13-10-27-81-70(99)56(82-61(92)12-11-30-87-64(95)22-23-65(87)96)18-19-62(93)85-76(6,7)26-33-108-75(3,4)5)32-29-80-60(91)21-25-67(98)110-49-15-17-55-45(37-49)35-47-41-89-58(69(47)84-55)39-53-51(72(89)101)43-107-74(103)78(53,105)9-2/h14-17,22-23,34-39,56,104-105H,8-13,18-21,24-33,40-43H2,1-7H3,(H,79,90)(H,80,91)(H,81,99)(H,82,92)(H,85,93)/t56-,77-,78-/m0/s1. The van der Waals surface area contributed by atoms with Crippen LogP contribution < -0.4 is 47.2 Å². The van der Waals surface area contributed by atoms with Crippen LogP contribution in [-0.4, -0.2) is 173 Å². The summed E-state index contributed by atoms with van der Waals surface area (Å²) in [6.07, 6.45) is 0.968. The van der Waals surface area contributed by atoms with Crippen molar-refractivity contribution in [1.82, 2.24) is 55.5 Å². The molecule has 11 rings (SSSR count). The van der Waals surface area contributed by atoms with E-state index in [4.69, 9.17) is 33.7 Å². The van der Waals surface area contributed by atoms with E-state index in [0.717, 1.165) is 17.1 Å². The number of pyridine rings is 4. The van der Waals surface area contributed by atoms with Crippen LogP contribution in [-0.2, 0) is 109 Å². The Morgan fingerprint density at radius 1 is 0.591 bits per heavy atom. The molecule has 4 aromatic heterocycles. The Morgan fingerprint density at radius 3 is 1.57 bits per heavy atom. The number of hydrogen-bond donors (Lipinski definition) is 7. The normalized spacial score (nSPS) is 16.9. The molecule has 0 bridgehead atoms. The molecule has 2 aromatic carbocycles. The van der Waals surface area contributed by atoms with Crippen molar-refractivity contribution in [1.29, 1.82) is 0 Å². The molecular formula is C78H89N11O21. The topological polar surface area (TPSA) is 428 Å². The zero-order valence-electron chi connectivity index (χ0n) is 62.3. The molecule has 110 heavy (non-hydrogen) atoms. The van der Waals surface area contributed by atoms with Gasteiger partial charge in [-0.3, -0.25) is 62.4 Å². The number of ether oxygens (including phenoxy) is 5. The molecule has 0 spiro atoms. The summed E-state index contributed by atoms with van der Waals surface area (Å²) < 4.78 is 30.4. The largest absolute Gasteiger partial charge is 0.458 e. The van der Waals surface area contributed by atoms with E-state index in [1.807, 2.05) is 34.6 Å². The lowest BCUT2D eigenvalue weighted by Crippen LogP contribution is -2.49. The summed E-state index contributed by atoms with van der Waals surface area (Å²) in [5, 5.41) is 37.4. The Balaban J connectivity index is 0.685. The van der Waals surface area contributed by atoms with Crippen LogP contribution in [0.4, 0.5) is 0 Å². The molecule has 0 saturated carbocycles. The summed E-state index contributed by atoms with van der Waals surface area (Å²) in [4.78, 5) is 196. The van der Waals surface area contributed by atoms with Gasteiger partial charge in [-0.05, 0) is 134 Å². The predicted molar refractivity (Wildman–Crippen MR) is 392 cm³/mol. The maximum atomic E-state index is 14.1. The van der Waals surface area contributed by atoms with Gasteiger partial charge in [0, 0.05) is 129 Å². The van der Waals surface area contributed by atoms with Crippen LogP contribution in [0, 0.1) is 0 Å². The zero-order chi connectivity index (χ0) is 79.1. The molecule has 9 heterocycles. The summed E-state index contributed by atoms with van der Waals surface area (Å²) in [6, 6.07) is 15.1. The van der Waals surface area contributed by atoms with Crippen molar-refractivity contribution in [3.63, 3.8) is 0 Å². The number of fused-ring (bicyclic) bond motifs is 10. The second kappa shape index (κ2) is 33.2. The number of imide groups is 1. The van der Waals surface area contributed by atoms with Crippen LogP contribution in [0.5, 0.6) is 11.5 Å². The highest BCUT2D eigenvalue weighted by Gasteiger charge is 2.47. The van der Waals surface area contributed by atoms with E-state index in [0.29, 0.717) is 68.7 Å². The second-order valence-corrected chi connectivity index (χ2v) is 29.4. The first-order valence-electron chi connectivity index (χ1n) is 36.7. The number of carbonyl (C=O) groups excluding carboxylic acids is 12. The van der Waals surface area contributed by atoms with Crippen LogP contribution in [0.15, 0.2) is 82.4 Å². The zero-order valence-corrected chi connectivity index (χ0v) is 62.3. The lowest BCUT2D eigenvalue weighted by molar-refractivity contribution is -0.172. The molecule has 7 N–H and O–H groups in total. The fraction of sp³-hybridized carbons (Fsp3) is 0.462. The van der Waals surface area contributed by atoms with Gasteiger partial charge in [-0.25, -0.2) is 19.6 Å². The summed E-state index contributed by atoms with van der Waals surface area (Å²) in [5.41, 5.74) is -1.04. The van der Waals surface area contributed by atoms with Gasteiger partial charge >= 0.3 is 23.9 Å². The number of nitrogens with one attached hydrogen (secondary N) is 5. The number of carbonyl (C=O) groups is 12. The Morgan fingerprint density at radius 2 is 1.09 bits per heavy atom. The van der Waals surface area contributed by atoms with E-state index in [1.54, 1.807) is 62.4 Å². The molecule has 6 aromatic rings. The van der Waals surface area contributed by atoms with Crippen molar-refractivity contribution in [2.24, 2.45) is 0 Å². The lowest BCUT2D eigenvalue weighted by Gasteiger charge is -2.31. The second-order valence-electron chi connectivity index (χ2n) is 29.4. The number of amides is 8. The van der Waals surface area contributed by atoms with Crippen LogP contribution in [0.3, 0.4) is 0 Å². The molecule has 32 nitrogen and oxygen atoms in total. The number of benzene rings is 2. The molecule has 3 atom stereocenters. The summed E-state index contributed by atoms with van der Waals surface area (Å²) in [6.45, 7) is 12.3. The maximum Gasteiger partial charge on any atom is 0.343 e. The molecule has 32 heteroatoms. The Bertz CT molecular complexity index is 4670. The SMILES string of the molecule is CC[C@@]1(O)C(=O)OCc2c1cc1n(c2=O)Cc2cc3cc(OC(=O)CCC(=O)NCCN(CCNC(=O)CCC(=O)Oc4ccc5nc6c(cc5c4)Cn4c-6cc5c(c4=O)COC(=O)[C@]5(O)CC)C(=O)CCCNC(=O)[C@H](CCC(=O)NC(C)(C)CCOC(C)(C)C)NC(=O)CCCN4C(=O)C=CC4=O)ccc3nc2-1. The van der Waals surface area contributed by atoms with Gasteiger partial charge in [0.1, 0.15) is 30.8 Å². The van der Waals surface area contributed by atoms with Crippen LogP contribution in [0.25, 0.3) is 44.6 Å². The fourth-order valence-corrected chi connectivity index (χ4v) is 13.8. The lowest BCUT2D eigenvalue weighted by atomic mass is 9.86. The van der Waals surface area contributed by atoms with Crippen molar-refractivity contribution in [2.75, 3.05) is 45.9 Å². The van der Waals surface area contributed by atoms with E-state index in [1.165, 1.54) is 26.2 Å². The number of rotatable bonds is 33. The number of esters is 4. The van der Waals surface area contributed by atoms with E-state index in [-0.39, 0.29) is 182 Å². The first kappa shape index (κ1) is 79.7. The third kappa shape index (κ3) is 18.1. The number of cyclic esters (lactones) is 2. The molecule has 582 valence electrons. The minimum absolute atomic E-state index is 0.0135. The van der Waals surface area contributed by atoms with Crippen LogP contribution in [0.1, 0.15) is 165 Å². The molecule has 0 aliphatic carbocycles. The molecule has 0 fully saturated rings. The van der Waals surface area contributed by atoms with Crippen LogP contribution in [0.2, 0.25) is 0 Å². The highest BCUT2D eigenvalue weighted by Crippen LogP contribution is 2.41. The van der Waals surface area contributed by atoms with Gasteiger partial charge in [0.25, 0.3) is 22.9 Å². The third-order valence-electron chi connectivity index (χ3n) is 19.9. The van der Waals surface area contributed by atoms with E-state index < -0.39 is 105 Å². The minimum atomic E-state index is -1.99. The molecule has 0 unspecified atom stereocenters. The quantitative estimate of drug-likeness (QED) is 0.0134. The Kier molecular flexibility index (Phi) is 24.1. The smallest absolute Gasteiger partial charge is 0.343 e.